The minimum Gasteiger partial charge on any atom is -0.469 e. The number of alkyl halides is 3. The van der Waals surface area contributed by atoms with Crippen molar-refractivity contribution < 1.29 is 22.4 Å². The van der Waals surface area contributed by atoms with Crippen LogP contribution in [0.5, 0.6) is 0 Å². The van der Waals surface area contributed by atoms with Gasteiger partial charge in [-0.2, -0.15) is 13.2 Å². The number of rotatable bonds is 4. The first-order valence-corrected chi connectivity index (χ1v) is 4.79. The number of amides is 1. The van der Waals surface area contributed by atoms with E-state index in [2.05, 4.69) is 0 Å². The SMILES string of the molecule is CC(CCc1ccco1)NC(=O)C(F)(F)F. The monoisotopic (exact) mass is 235 g/mol. The molecule has 1 aromatic heterocycles. The number of hydrogen-bond acceptors (Lipinski definition) is 2. The van der Waals surface area contributed by atoms with E-state index in [0.29, 0.717) is 18.6 Å². The van der Waals surface area contributed by atoms with E-state index in [4.69, 9.17) is 4.42 Å². The van der Waals surface area contributed by atoms with Crippen LogP contribution in [0, 0.1) is 0 Å². The van der Waals surface area contributed by atoms with Gasteiger partial charge in [0.15, 0.2) is 0 Å². The third kappa shape index (κ3) is 3.96. The van der Waals surface area contributed by atoms with Crippen molar-refractivity contribution >= 4 is 5.91 Å². The minimum atomic E-state index is -4.82. The molecule has 6 heteroatoms. The van der Waals surface area contributed by atoms with Gasteiger partial charge in [0.1, 0.15) is 5.76 Å². The van der Waals surface area contributed by atoms with E-state index in [1.807, 2.05) is 5.32 Å². The van der Waals surface area contributed by atoms with E-state index in [9.17, 15) is 18.0 Å². The van der Waals surface area contributed by atoms with Gasteiger partial charge in [0.05, 0.1) is 6.26 Å². The van der Waals surface area contributed by atoms with Crippen LogP contribution in [0.1, 0.15) is 19.1 Å². The predicted molar refractivity (Wildman–Crippen MR) is 50.7 cm³/mol. The molecule has 0 saturated heterocycles. The van der Waals surface area contributed by atoms with Gasteiger partial charge in [-0.1, -0.05) is 0 Å². The molecule has 0 spiro atoms. The molecule has 1 heterocycles. The Morgan fingerprint density at radius 3 is 2.75 bits per heavy atom. The molecule has 90 valence electrons. The lowest BCUT2D eigenvalue weighted by atomic mass is 10.1. The first kappa shape index (κ1) is 12.6. The normalized spacial score (nSPS) is 13.5. The first-order chi connectivity index (χ1) is 7.39. The zero-order chi connectivity index (χ0) is 12.2. The van der Waals surface area contributed by atoms with Crippen molar-refractivity contribution in [2.75, 3.05) is 0 Å². The molecule has 1 rings (SSSR count). The molecular formula is C10H12F3NO2. The Labute approximate surface area is 90.6 Å². The maximum atomic E-state index is 11.9. The highest BCUT2D eigenvalue weighted by Crippen LogP contribution is 2.15. The Balaban J connectivity index is 2.31. The van der Waals surface area contributed by atoms with Gasteiger partial charge in [-0.15, -0.1) is 0 Å². The van der Waals surface area contributed by atoms with Crippen molar-refractivity contribution in [1.29, 1.82) is 0 Å². The molecule has 1 atom stereocenters. The zero-order valence-electron chi connectivity index (χ0n) is 8.67. The quantitative estimate of drug-likeness (QED) is 0.869. The molecule has 0 fully saturated rings. The second-order valence-corrected chi connectivity index (χ2v) is 3.49. The van der Waals surface area contributed by atoms with E-state index in [-0.39, 0.29) is 0 Å². The van der Waals surface area contributed by atoms with Crippen LogP contribution in [0.15, 0.2) is 22.8 Å². The molecule has 1 aromatic rings. The summed E-state index contributed by atoms with van der Waals surface area (Å²) in [4.78, 5) is 10.6. The molecule has 16 heavy (non-hydrogen) atoms. The van der Waals surface area contributed by atoms with E-state index in [0.717, 1.165) is 0 Å². The summed E-state index contributed by atoms with van der Waals surface area (Å²) < 4.78 is 40.7. The average molecular weight is 235 g/mol. The maximum Gasteiger partial charge on any atom is 0.471 e. The number of aryl methyl sites for hydroxylation is 1. The van der Waals surface area contributed by atoms with Crippen LogP contribution in [0.3, 0.4) is 0 Å². The van der Waals surface area contributed by atoms with E-state index >= 15 is 0 Å². The molecule has 0 radical (unpaired) electrons. The zero-order valence-corrected chi connectivity index (χ0v) is 8.67. The molecular weight excluding hydrogens is 223 g/mol. The highest BCUT2D eigenvalue weighted by atomic mass is 19.4. The fourth-order valence-electron chi connectivity index (χ4n) is 1.19. The fraction of sp³-hybridized carbons (Fsp3) is 0.500. The van der Waals surface area contributed by atoms with Gasteiger partial charge >= 0.3 is 12.1 Å². The van der Waals surface area contributed by atoms with Crippen molar-refractivity contribution in [3.05, 3.63) is 24.2 Å². The second-order valence-electron chi connectivity index (χ2n) is 3.49. The van der Waals surface area contributed by atoms with Crippen LogP contribution in [0.2, 0.25) is 0 Å². The highest BCUT2D eigenvalue weighted by Gasteiger charge is 2.39. The van der Waals surface area contributed by atoms with Gasteiger partial charge in [-0.05, 0) is 25.5 Å². The Hall–Kier alpha value is -1.46. The van der Waals surface area contributed by atoms with Crippen LogP contribution in [0.4, 0.5) is 13.2 Å². The van der Waals surface area contributed by atoms with Crippen molar-refractivity contribution in [2.24, 2.45) is 0 Å². The van der Waals surface area contributed by atoms with Gasteiger partial charge in [0.2, 0.25) is 0 Å². The standard InChI is InChI=1S/C10H12F3NO2/c1-7(14-9(15)10(11,12)13)4-5-8-3-2-6-16-8/h2-3,6-7H,4-5H2,1H3,(H,14,15). The molecule has 1 N–H and O–H groups in total. The fourth-order valence-corrected chi connectivity index (χ4v) is 1.19. The lowest BCUT2D eigenvalue weighted by Gasteiger charge is -2.14. The molecule has 0 aliphatic carbocycles. The molecule has 1 amide bonds. The molecule has 0 bridgehead atoms. The third-order valence-electron chi connectivity index (χ3n) is 2.04. The summed E-state index contributed by atoms with van der Waals surface area (Å²) in [5.41, 5.74) is 0. The Kier molecular flexibility index (Phi) is 3.98. The van der Waals surface area contributed by atoms with E-state index in [1.165, 1.54) is 13.2 Å². The van der Waals surface area contributed by atoms with Gasteiger partial charge < -0.3 is 9.73 Å². The number of nitrogens with one attached hydrogen (secondary N) is 1. The molecule has 1 unspecified atom stereocenters. The Bertz CT molecular complexity index is 332. The van der Waals surface area contributed by atoms with Gasteiger partial charge in [0.25, 0.3) is 0 Å². The number of carbonyl (C=O) groups excluding carboxylic acids is 1. The first-order valence-electron chi connectivity index (χ1n) is 4.79. The van der Waals surface area contributed by atoms with Crippen LogP contribution in [-0.2, 0) is 11.2 Å². The van der Waals surface area contributed by atoms with Gasteiger partial charge in [0, 0.05) is 12.5 Å². The number of halogens is 3. The van der Waals surface area contributed by atoms with E-state index in [1.54, 1.807) is 12.1 Å². The summed E-state index contributed by atoms with van der Waals surface area (Å²) in [6.45, 7) is 1.52. The van der Waals surface area contributed by atoms with Crippen molar-refractivity contribution in [3.63, 3.8) is 0 Å². The second kappa shape index (κ2) is 5.05. The van der Waals surface area contributed by atoms with Crippen molar-refractivity contribution in [1.82, 2.24) is 5.32 Å². The topological polar surface area (TPSA) is 42.2 Å². The van der Waals surface area contributed by atoms with Gasteiger partial charge in [-0.25, -0.2) is 0 Å². The number of hydrogen-bond donors (Lipinski definition) is 1. The minimum absolute atomic E-state index is 0.398. The summed E-state index contributed by atoms with van der Waals surface area (Å²) in [6.07, 6.45) is -2.44. The molecule has 0 aliphatic rings. The third-order valence-corrected chi connectivity index (χ3v) is 2.04. The summed E-state index contributed by atoms with van der Waals surface area (Å²) in [6, 6.07) is 2.89. The smallest absolute Gasteiger partial charge is 0.469 e. The largest absolute Gasteiger partial charge is 0.471 e. The number of furan rings is 1. The summed E-state index contributed by atoms with van der Waals surface area (Å²) in [7, 11) is 0. The lowest BCUT2D eigenvalue weighted by Crippen LogP contribution is -2.41. The van der Waals surface area contributed by atoms with E-state index < -0.39 is 18.1 Å². The summed E-state index contributed by atoms with van der Waals surface area (Å²) in [5.74, 6) is -1.22. The average Bonchev–Trinajstić information content (AvgIpc) is 2.65. The maximum absolute atomic E-state index is 11.9. The summed E-state index contributed by atoms with van der Waals surface area (Å²) >= 11 is 0. The van der Waals surface area contributed by atoms with Crippen molar-refractivity contribution in [3.8, 4) is 0 Å². The van der Waals surface area contributed by atoms with Crippen LogP contribution in [-0.4, -0.2) is 18.1 Å². The van der Waals surface area contributed by atoms with Crippen molar-refractivity contribution in [2.45, 2.75) is 32.0 Å². The Morgan fingerprint density at radius 1 is 1.56 bits per heavy atom. The summed E-state index contributed by atoms with van der Waals surface area (Å²) in [5, 5.41) is 1.88. The lowest BCUT2D eigenvalue weighted by molar-refractivity contribution is -0.174. The van der Waals surface area contributed by atoms with Crippen LogP contribution < -0.4 is 5.32 Å². The Morgan fingerprint density at radius 2 is 2.25 bits per heavy atom. The highest BCUT2D eigenvalue weighted by molar-refractivity contribution is 5.81. The van der Waals surface area contributed by atoms with Crippen LogP contribution >= 0.6 is 0 Å². The van der Waals surface area contributed by atoms with Crippen LogP contribution in [0.25, 0.3) is 0 Å². The molecule has 0 saturated carbocycles. The molecule has 0 aliphatic heterocycles. The van der Waals surface area contributed by atoms with Gasteiger partial charge in [-0.3, -0.25) is 4.79 Å². The molecule has 0 aromatic carbocycles. The number of carbonyl (C=O) groups is 1. The molecule has 3 nitrogen and oxygen atoms in total. The predicted octanol–water partition coefficient (Wildman–Crippen LogP) is 2.28.